The topological polar surface area (TPSA) is 61.7 Å². The molecule has 118 valence electrons. The highest BCUT2D eigenvalue weighted by Gasteiger charge is 2.17. The molecule has 0 bridgehead atoms. The normalized spacial score (nSPS) is 16.8. The van der Waals surface area contributed by atoms with E-state index in [1.165, 1.54) is 0 Å². The maximum absolute atomic E-state index is 8.86. The maximum Gasteiger partial charge on any atom is 0.228 e. The average Bonchev–Trinajstić information content (AvgIpc) is 2.74. The number of ether oxygens (including phenoxy) is 1. The number of hydrogen-bond donors (Lipinski definition) is 1. The van der Waals surface area contributed by atoms with Gasteiger partial charge in [-0.05, 0) is 39.3 Å². The van der Waals surface area contributed by atoms with Crippen LogP contribution >= 0.6 is 0 Å². The molecule has 0 unspecified atom stereocenters. The van der Waals surface area contributed by atoms with Crippen LogP contribution in [0.25, 0.3) is 0 Å². The fourth-order valence-electron chi connectivity index (χ4n) is 2.55. The number of aliphatic hydroxyl groups is 1. The quantitative estimate of drug-likeness (QED) is 0.762. The van der Waals surface area contributed by atoms with Crippen molar-refractivity contribution < 1.29 is 9.84 Å². The minimum absolute atomic E-state index is 0.290. The number of nitrogens with zero attached hydrogens (tertiary/aromatic N) is 4. The van der Waals surface area contributed by atoms with E-state index < -0.39 is 0 Å². The molecule has 0 atom stereocenters. The summed E-state index contributed by atoms with van der Waals surface area (Å²) in [5.74, 6) is 1.41. The molecule has 0 spiro atoms. The average molecular weight is 294 g/mol. The standard InChI is InChI=1S/C15H26N4O2/c1-2-21-14-6-7-16-15(17-14)19-10-5-9-18(11-12-19)8-3-4-13-20/h6-7,20H,2-5,8-13H2,1H3. The minimum atomic E-state index is 0.290. The van der Waals surface area contributed by atoms with Crippen LogP contribution in [0.2, 0.25) is 0 Å². The van der Waals surface area contributed by atoms with Gasteiger partial charge in [0.2, 0.25) is 11.8 Å². The van der Waals surface area contributed by atoms with Crippen molar-refractivity contribution in [2.24, 2.45) is 0 Å². The van der Waals surface area contributed by atoms with Crippen LogP contribution in [0.4, 0.5) is 5.95 Å². The van der Waals surface area contributed by atoms with Crippen LogP contribution in [0.5, 0.6) is 5.88 Å². The highest BCUT2D eigenvalue weighted by Crippen LogP contribution is 2.15. The van der Waals surface area contributed by atoms with Crippen molar-refractivity contribution in [3.63, 3.8) is 0 Å². The van der Waals surface area contributed by atoms with Gasteiger partial charge < -0.3 is 19.6 Å². The monoisotopic (exact) mass is 294 g/mol. The molecule has 1 aromatic rings. The van der Waals surface area contributed by atoms with Crippen LogP contribution in [0.1, 0.15) is 26.2 Å². The van der Waals surface area contributed by atoms with Gasteiger partial charge in [-0.2, -0.15) is 4.98 Å². The Hall–Kier alpha value is -1.40. The summed E-state index contributed by atoms with van der Waals surface area (Å²) in [7, 11) is 0. The van der Waals surface area contributed by atoms with Crippen molar-refractivity contribution in [3.8, 4) is 5.88 Å². The fraction of sp³-hybridized carbons (Fsp3) is 0.733. The van der Waals surface area contributed by atoms with Crippen molar-refractivity contribution in [2.45, 2.75) is 26.2 Å². The third kappa shape index (κ3) is 5.13. The molecule has 1 aromatic heterocycles. The first-order valence-electron chi connectivity index (χ1n) is 7.87. The van der Waals surface area contributed by atoms with Gasteiger partial charge >= 0.3 is 0 Å². The van der Waals surface area contributed by atoms with Crippen molar-refractivity contribution in [1.29, 1.82) is 0 Å². The molecule has 2 rings (SSSR count). The summed E-state index contributed by atoms with van der Waals surface area (Å²) in [6, 6.07) is 1.80. The lowest BCUT2D eigenvalue weighted by Crippen LogP contribution is -2.32. The van der Waals surface area contributed by atoms with Crippen LogP contribution < -0.4 is 9.64 Å². The van der Waals surface area contributed by atoms with Gasteiger partial charge in [-0.15, -0.1) is 0 Å². The molecule has 21 heavy (non-hydrogen) atoms. The Balaban J connectivity index is 1.88. The van der Waals surface area contributed by atoms with Crippen LogP contribution in [0, 0.1) is 0 Å². The summed E-state index contributed by atoms with van der Waals surface area (Å²) in [6.45, 7) is 7.97. The highest BCUT2D eigenvalue weighted by molar-refractivity contribution is 5.32. The smallest absolute Gasteiger partial charge is 0.228 e. The molecule has 6 heteroatoms. The molecule has 1 saturated heterocycles. The summed E-state index contributed by atoms with van der Waals surface area (Å²) >= 11 is 0. The molecule has 0 aliphatic carbocycles. The lowest BCUT2D eigenvalue weighted by Gasteiger charge is -2.22. The first-order valence-corrected chi connectivity index (χ1v) is 7.87. The van der Waals surface area contributed by atoms with Gasteiger partial charge in [0.05, 0.1) is 6.61 Å². The van der Waals surface area contributed by atoms with Crippen molar-refractivity contribution >= 4 is 5.95 Å². The predicted molar refractivity (Wildman–Crippen MR) is 82.8 cm³/mol. The van der Waals surface area contributed by atoms with Gasteiger partial charge in [0.25, 0.3) is 0 Å². The number of aliphatic hydroxyl groups excluding tert-OH is 1. The second-order valence-corrected chi connectivity index (χ2v) is 5.24. The van der Waals surface area contributed by atoms with Crippen molar-refractivity contribution in [2.75, 3.05) is 50.8 Å². The zero-order valence-electron chi connectivity index (χ0n) is 12.9. The molecule has 2 heterocycles. The Morgan fingerprint density at radius 1 is 1.24 bits per heavy atom. The molecule has 6 nitrogen and oxygen atoms in total. The number of unbranched alkanes of at least 4 members (excludes halogenated alkanes) is 1. The van der Waals surface area contributed by atoms with Crippen LogP contribution in [-0.2, 0) is 0 Å². The third-order valence-electron chi connectivity index (χ3n) is 3.66. The second-order valence-electron chi connectivity index (χ2n) is 5.24. The SMILES string of the molecule is CCOc1ccnc(N2CCCN(CCCCO)CC2)n1. The molecule has 0 amide bonds. The van der Waals surface area contributed by atoms with Crippen LogP contribution in [0.15, 0.2) is 12.3 Å². The second kappa shape index (κ2) is 8.79. The molecule has 1 fully saturated rings. The molecule has 0 radical (unpaired) electrons. The Labute approximate surface area is 126 Å². The van der Waals surface area contributed by atoms with E-state index in [4.69, 9.17) is 9.84 Å². The number of rotatable bonds is 7. The van der Waals surface area contributed by atoms with Gasteiger partial charge in [-0.3, -0.25) is 0 Å². The van der Waals surface area contributed by atoms with E-state index in [1.54, 1.807) is 12.3 Å². The summed E-state index contributed by atoms with van der Waals surface area (Å²) in [6.07, 6.45) is 4.82. The summed E-state index contributed by atoms with van der Waals surface area (Å²) in [5, 5.41) is 8.86. The van der Waals surface area contributed by atoms with Crippen molar-refractivity contribution in [1.82, 2.24) is 14.9 Å². The van der Waals surface area contributed by atoms with E-state index in [0.717, 1.165) is 57.9 Å². The molecular formula is C15H26N4O2. The van der Waals surface area contributed by atoms with Gasteiger partial charge in [0.1, 0.15) is 0 Å². The summed E-state index contributed by atoms with van der Waals surface area (Å²) in [4.78, 5) is 13.5. The number of hydrogen-bond acceptors (Lipinski definition) is 6. The zero-order chi connectivity index (χ0) is 14.9. The zero-order valence-corrected chi connectivity index (χ0v) is 12.9. The van der Waals surface area contributed by atoms with E-state index in [2.05, 4.69) is 19.8 Å². The largest absolute Gasteiger partial charge is 0.478 e. The molecular weight excluding hydrogens is 268 g/mol. The minimum Gasteiger partial charge on any atom is -0.478 e. The fourth-order valence-corrected chi connectivity index (χ4v) is 2.55. The van der Waals surface area contributed by atoms with Crippen LogP contribution in [-0.4, -0.2) is 65.9 Å². The van der Waals surface area contributed by atoms with E-state index in [-0.39, 0.29) is 6.61 Å². The molecule has 0 aromatic carbocycles. The van der Waals surface area contributed by atoms with Crippen molar-refractivity contribution in [3.05, 3.63) is 12.3 Å². The third-order valence-corrected chi connectivity index (χ3v) is 3.66. The number of anilines is 1. The number of aromatic nitrogens is 2. The maximum atomic E-state index is 8.86. The van der Waals surface area contributed by atoms with E-state index >= 15 is 0 Å². The molecule has 1 aliphatic rings. The first kappa shape index (κ1) is 16.0. The first-order chi connectivity index (χ1) is 10.3. The Morgan fingerprint density at radius 2 is 2.14 bits per heavy atom. The van der Waals surface area contributed by atoms with Gasteiger partial charge in [0.15, 0.2) is 0 Å². The van der Waals surface area contributed by atoms with Gasteiger partial charge in [-0.25, -0.2) is 4.98 Å². The predicted octanol–water partition coefficient (Wildman–Crippen LogP) is 1.16. The Bertz CT molecular complexity index is 416. The lowest BCUT2D eigenvalue weighted by atomic mass is 10.3. The van der Waals surface area contributed by atoms with E-state index in [0.29, 0.717) is 12.5 Å². The summed E-state index contributed by atoms with van der Waals surface area (Å²) in [5.41, 5.74) is 0. The lowest BCUT2D eigenvalue weighted by molar-refractivity contribution is 0.250. The van der Waals surface area contributed by atoms with Crippen LogP contribution in [0.3, 0.4) is 0 Å². The van der Waals surface area contributed by atoms with E-state index in [9.17, 15) is 0 Å². The van der Waals surface area contributed by atoms with Gasteiger partial charge in [-0.1, -0.05) is 0 Å². The highest BCUT2D eigenvalue weighted by atomic mass is 16.5. The van der Waals surface area contributed by atoms with E-state index in [1.807, 2.05) is 6.92 Å². The molecule has 1 N–H and O–H groups in total. The Kier molecular flexibility index (Phi) is 6.69. The van der Waals surface area contributed by atoms with Gasteiger partial charge in [0, 0.05) is 38.5 Å². The summed E-state index contributed by atoms with van der Waals surface area (Å²) < 4.78 is 5.44. The molecule has 0 saturated carbocycles. The Morgan fingerprint density at radius 3 is 2.95 bits per heavy atom. The molecule has 1 aliphatic heterocycles.